The lowest BCUT2D eigenvalue weighted by molar-refractivity contribution is 0.132. The van der Waals surface area contributed by atoms with Crippen LogP contribution in [0.3, 0.4) is 0 Å². The van der Waals surface area contributed by atoms with E-state index >= 15 is 0 Å². The molecule has 1 aromatic rings. The summed E-state index contributed by atoms with van der Waals surface area (Å²) in [5.74, 6) is -0.0803. The number of hydrogen-bond acceptors (Lipinski definition) is 4. The number of nitrogens with two attached hydrogens (primary N) is 1. The summed E-state index contributed by atoms with van der Waals surface area (Å²) in [4.78, 5) is 2.26. The summed E-state index contributed by atoms with van der Waals surface area (Å²) in [6.45, 7) is 3.71. The van der Waals surface area contributed by atoms with Crippen LogP contribution in [0.25, 0.3) is 0 Å². The third-order valence-corrected chi connectivity index (χ3v) is 3.48. The summed E-state index contributed by atoms with van der Waals surface area (Å²) < 4.78 is 24.2. The lowest BCUT2D eigenvalue weighted by Crippen LogP contribution is -2.35. The highest BCUT2D eigenvalue weighted by Crippen LogP contribution is 2.25. The molecule has 0 amide bonds. The van der Waals surface area contributed by atoms with Crippen molar-refractivity contribution >= 4 is 0 Å². The van der Waals surface area contributed by atoms with E-state index in [2.05, 4.69) is 4.90 Å². The van der Waals surface area contributed by atoms with Crippen LogP contribution in [0.4, 0.5) is 4.39 Å². The number of rotatable bonds is 4. The topological polar surface area (TPSA) is 47.7 Å². The van der Waals surface area contributed by atoms with Gasteiger partial charge in [0.05, 0.1) is 13.7 Å². The summed E-state index contributed by atoms with van der Waals surface area (Å²) >= 11 is 0. The smallest absolute Gasteiger partial charge is 0.165 e. The first kappa shape index (κ1) is 14.2. The highest BCUT2D eigenvalue weighted by atomic mass is 19.1. The summed E-state index contributed by atoms with van der Waals surface area (Å²) in [6, 6.07) is 5.08. The standard InChI is InChI=1S/C14H21FN2O2/c1-18-14-4-3-11(9-12(14)15)13(10-16)17-5-2-7-19-8-6-17/h3-4,9,13H,2,5-8,10,16H2,1H3. The lowest BCUT2D eigenvalue weighted by atomic mass is 10.0. The maximum Gasteiger partial charge on any atom is 0.165 e. The van der Waals surface area contributed by atoms with Crippen LogP contribution in [-0.4, -0.2) is 44.9 Å². The van der Waals surface area contributed by atoms with Crippen LogP contribution in [0, 0.1) is 5.82 Å². The quantitative estimate of drug-likeness (QED) is 0.900. The lowest BCUT2D eigenvalue weighted by Gasteiger charge is -2.29. The number of hydrogen-bond donors (Lipinski definition) is 1. The van der Waals surface area contributed by atoms with Gasteiger partial charge in [-0.25, -0.2) is 4.39 Å². The van der Waals surface area contributed by atoms with Gasteiger partial charge in [0.2, 0.25) is 0 Å². The number of halogens is 1. The summed E-state index contributed by atoms with van der Waals surface area (Å²) in [5, 5.41) is 0. The van der Waals surface area contributed by atoms with Crippen molar-refractivity contribution in [3.63, 3.8) is 0 Å². The highest BCUT2D eigenvalue weighted by Gasteiger charge is 2.21. The Hall–Kier alpha value is -1.17. The van der Waals surface area contributed by atoms with Crippen LogP contribution in [0.2, 0.25) is 0 Å². The van der Waals surface area contributed by atoms with Gasteiger partial charge >= 0.3 is 0 Å². The van der Waals surface area contributed by atoms with Crippen LogP contribution in [0.5, 0.6) is 5.75 Å². The Balaban J connectivity index is 2.18. The Labute approximate surface area is 113 Å². The molecule has 1 unspecified atom stereocenters. The Morgan fingerprint density at radius 1 is 1.42 bits per heavy atom. The van der Waals surface area contributed by atoms with Crippen LogP contribution in [0.1, 0.15) is 18.0 Å². The van der Waals surface area contributed by atoms with Crippen LogP contribution >= 0.6 is 0 Å². The average Bonchev–Trinajstić information content (AvgIpc) is 2.69. The molecule has 1 aliphatic rings. The molecule has 0 saturated carbocycles. The normalized spacial score (nSPS) is 18.9. The van der Waals surface area contributed by atoms with E-state index in [1.165, 1.54) is 13.2 Å². The molecular formula is C14H21FN2O2. The molecule has 1 aliphatic heterocycles. The monoisotopic (exact) mass is 268 g/mol. The van der Waals surface area contributed by atoms with Crippen molar-refractivity contribution in [3.05, 3.63) is 29.6 Å². The van der Waals surface area contributed by atoms with Crippen molar-refractivity contribution in [2.75, 3.05) is 40.0 Å². The second kappa shape index (κ2) is 6.84. The first-order chi connectivity index (χ1) is 9.26. The maximum atomic E-state index is 13.8. The van der Waals surface area contributed by atoms with E-state index in [1.54, 1.807) is 6.07 Å². The van der Waals surface area contributed by atoms with E-state index in [-0.39, 0.29) is 17.6 Å². The van der Waals surface area contributed by atoms with Gasteiger partial charge in [-0.15, -0.1) is 0 Å². The second-order valence-corrected chi connectivity index (χ2v) is 4.65. The van der Waals surface area contributed by atoms with Gasteiger partial charge in [-0.2, -0.15) is 0 Å². The zero-order valence-electron chi connectivity index (χ0n) is 11.3. The molecule has 0 bridgehead atoms. The minimum absolute atomic E-state index is 0.0297. The summed E-state index contributed by atoms with van der Waals surface area (Å²) in [6.07, 6.45) is 0.981. The van der Waals surface area contributed by atoms with Crippen molar-refractivity contribution in [2.45, 2.75) is 12.5 Å². The molecule has 1 heterocycles. The first-order valence-electron chi connectivity index (χ1n) is 6.61. The van der Waals surface area contributed by atoms with Gasteiger partial charge in [0.1, 0.15) is 0 Å². The van der Waals surface area contributed by atoms with Crippen molar-refractivity contribution < 1.29 is 13.9 Å². The van der Waals surface area contributed by atoms with Crippen molar-refractivity contribution in [1.29, 1.82) is 0 Å². The molecule has 2 N–H and O–H groups in total. The average molecular weight is 268 g/mol. The van der Waals surface area contributed by atoms with E-state index in [9.17, 15) is 4.39 Å². The van der Waals surface area contributed by atoms with E-state index in [0.717, 1.165) is 31.7 Å². The molecule has 0 spiro atoms. The number of methoxy groups -OCH3 is 1. The van der Waals surface area contributed by atoms with E-state index in [4.69, 9.17) is 15.2 Å². The minimum Gasteiger partial charge on any atom is -0.494 e. The Morgan fingerprint density at radius 3 is 2.95 bits per heavy atom. The molecule has 0 aromatic heterocycles. The fourth-order valence-corrected chi connectivity index (χ4v) is 2.46. The van der Waals surface area contributed by atoms with Gasteiger partial charge in [0.15, 0.2) is 11.6 Å². The van der Waals surface area contributed by atoms with Crippen LogP contribution in [-0.2, 0) is 4.74 Å². The molecule has 1 aromatic carbocycles. The van der Waals surface area contributed by atoms with E-state index < -0.39 is 0 Å². The first-order valence-corrected chi connectivity index (χ1v) is 6.61. The molecule has 1 fully saturated rings. The predicted octanol–water partition coefficient (Wildman–Crippen LogP) is 1.56. The van der Waals surface area contributed by atoms with Crippen molar-refractivity contribution in [3.8, 4) is 5.75 Å². The molecule has 2 rings (SSSR count). The fraction of sp³-hybridized carbons (Fsp3) is 0.571. The van der Waals surface area contributed by atoms with E-state index in [1.807, 2.05) is 6.07 Å². The Morgan fingerprint density at radius 2 is 2.26 bits per heavy atom. The molecule has 0 radical (unpaired) electrons. The van der Waals surface area contributed by atoms with Crippen molar-refractivity contribution in [2.24, 2.45) is 5.73 Å². The molecule has 106 valence electrons. The Kier molecular flexibility index (Phi) is 5.13. The molecular weight excluding hydrogens is 247 g/mol. The number of benzene rings is 1. The largest absolute Gasteiger partial charge is 0.494 e. The van der Waals surface area contributed by atoms with Gasteiger partial charge in [0, 0.05) is 32.3 Å². The van der Waals surface area contributed by atoms with Gasteiger partial charge in [-0.3, -0.25) is 4.90 Å². The van der Waals surface area contributed by atoms with Crippen LogP contribution in [0.15, 0.2) is 18.2 Å². The Bertz CT molecular complexity index is 406. The van der Waals surface area contributed by atoms with Gasteiger partial charge < -0.3 is 15.2 Å². The zero-order valence-corrected chi connectivity index (χ0v) is 11.3. The molecule has 1 atom stereocenters. The fourth-order valence-electron chi connectivity index (χ4n) is 2.46. The van der Waals surface area contributed by atoms with Gasteiger partial charge in [-0.1, -0.05) is 6.07 Å². The predicted molar refractivity (Wildman–Crippen MR) is 71.8 cm³/mol. The molecule has 1 saturated heterocycles. The molecule has 4 nitrogen and oxygen atoms in total. The summed E-state index contributed by atoms with van der Waals surface area (Å²) in [5.41, 5.74) is 6.76. The number of ether oxygens (including phenoxy) is 2. The molecule has 0 aliphatic carbocycles. The van der Waals surface area contributed by atoms with Crippen LogP contribution < -0.4 is 10.5 Å². The van der Waals surface area contributed by atoms with Crippen molar-refractivity contribution in [1.82, 2.24) is 4.90 Å². The van der Waals surface area contributed by atoms with Gasteiger partial charge in [-0.05, 0) is 24.1 Å². The second-order valence-electron chi connectivity index (χ2n) is 4.65. The van der Waals surface area contributed by atoms with Gasteiger partial charge in [0.25, 0.3) is 0 Å². The SMILES string of the molecule is COc1ccc(C(CN)N2CCCOCC2)cc1F. The molecule has 5 heteroatoms. The molecule has 19 heavy (non-hydrogen) atoms. The minimum atomic E-state index is -0.343. The third kappa shape index (κ3) is 3.43. The summed E-state index contributed by atoms with van der Waals surface area (Å²) in [7, 11) is 1.46. The number of nitrogens with zero attached hydrogens (tertiary/aromatic N) is 1. The third-order valence-electron chi connectivity index (χ3n) is 3.48. The zero-order chi connectivity index (χ0) is 13.7. The van der Waals surface area contributed by atoms with E-state index in [0.29, 0.717) is 13.2 Å². The highest BCUT2D eigenvalue weighted by molar-refractivity contribution is 5.31. The maximum absolute atomic E-state index is 13.8.